The van der Waals surface area contributed by atoms with E-state index in [9.17, 15) is 9.59 Å². The molecule has 0 radical (unpaired) electrons. The summed E-state index contributed by atoms with van der Waals surface area (Å²) in [5, 5.41) is 5.42. The Morgan fingerprint density at radius 2 is 1.00 bits per heavy atom. The first-order valence-electron chi connectivity index (χ1n) is 7.49. The molecule has 0 unspecified atom stereocenters. The third-order valence-corrected chi connectivity index (χ3v) is 4.70. The van der Waals surface area contributed by atoms with Gasteiger partial charge in [0.05, 0.1) is 12.1 Å². The molecule has 0 aliphatic rings. The lowest BCUT2D eigenvalue weighted by atomic mass is 10.1. The van der Waals surface area contributed by atoms with Crippen molar-refractivity contribution in [1.82, 2.24) is 10.6 Å². The number of amides is 2. The van der Waals surface area contributed by atoms with Gasteiger partial charge in [-0.1, -0.05) is 56.1 Å². The van der Waals surface area contributed by atoms with Crippen molar-refractivity contribution in [2.75, 3.05) is 0 Å². The van der Waals surface area contributed by atoms with Crippen LogP contribution < -0.4 is 10.6 Å². The van der Waals surface area contributed by atoms with Gasteiger partial charge in [0.1, 0.15) is 0 Å². The van der Waals surface area contributed by atoms with Gasteiger partial charge in [0.15, 0.2) is 0 Å². The third kappa shape index (κ3) is 5.18. The fraction of sp³-hybridized carbons (Fsp3) is 0.222. The predicted octanol–water partition coefficient (Wildman–Crippen LogP) is 4.27. The van der Waals surface area contributed by atoms with E-state index in [1.807, 2.05) is 62.4 Å². The van der Waals surface area contributed by atoms with Crippen molar-refractivity contribution in [1.29, 1.82) is 0 Å². The van der Waals surface area contributed by atoms with Crippen molar-refractivity contribution < 1.29 is 9.59 Å². The first kappa shape index (κ1) is 18.7. The number of hydrogen-bond donors (Lipinski definition) is 2. The maximum atomic E-state index is 12.1. The molecule has 6 heteroatoms. The van der Waals surface area contributed by atoms with Crippen molar-refractivity contribution in [2.24, 2.45) is 0 Å². The number of nitrogens with one attached hydrogen (secondary N) is 2. The molecule has 0 aromatic heterocycles. The Balaban J connectivity index is 1.92. The van der Waals surface area contributed by atoms with Crippen LogP contribution in [0.4, 0.5) is 0 Å². The minimum absolute atomic E-state index is 0.251. The van der Waals surface area contributed by atoms with Gasteiger partial charge in [0.2, 0.25) is 0 Å². The second kappa shape index (κ2) is 8.44. The number of rotatable bonds is 4. The largest absolute Gasteiger partial charge is 0.341 e. The highest BCUT2D eigenvalue weighted by Gasteiger charge is 2.19. The maximum absolute atomic E-state index is 12.1. The van der Waals surface area contributed by atoms with Gasteiger partial charge in [-0.25, -0.2) is 0 Å². The van der Waals surface area contributed by atoms with Gasteiger partial charge in [-0.2, -0.15) is 0 Å². The Bertz CT molecular complexity index is 651. The standard InChI is InChI=1S/C18H18Br2N2O2/c1-11(13-3-7-15(19)8-4-13)21-17(23)18(24)22-12(2)14-5-9-16(20)10-6-14/h3-12H,1-2H3,(H,21,23)(H,22,24)/t11-,12-/m1/s1. The zero-order valence-electron chi connectivity index (χ0n) is 13.3. The van der Waals surface area contributed by atoms with Crippen LogP contribution in [0.2, 0.25) is 0 Å². The molecule has 4 nitrogen and oxygen atoms in total. The van der Waals surface area contributed by atoms with Gasteiger partial charge in [-0.05, 0) is 49.2 Å². The lowest BCUT2D eigenvalue weighted by Crippen LogP contribution is -2.41. The Kier molecular flexibility index (Phi) is 6.57. The van der Waals surface area contributed by atoms with Crippen molar-refractivity contribution in [3.8, 4) is 0 Å². The van der Waals surface area contributed by atoms with Gasteiger partial charge in [-0.15, -0.1) is 0 Å². The number of carbonyl (C=O) groups excluding carboxylic acids is 2. The molecule has 2 atom stereocenters. The Morgan fingerprint density at radius 1 is 0.708 bits per heavy atom. The highest BCUT2D eigenvalue weighted by atomic mass is 79.9. The van der Waals surface area contributed by atoms with E-state index in [1.165, 1.54) is 0 Å². The topological polar surface area (TPSA) is 58.2 Å². The zero-order chi connectivity index (χ0) is 17.7. The van der Waals surface area contributed by atoms with E-state index in [0.29, 0.717) is 0 Å². The molecular formula is C18H18Br2N2O2. The van der Waals surface area contributed by atoms with Gasteiger partial charge < -0.3 is 10.6 Å². The summed E-state index contributed by atoms with van der Waals surface area (Å²) in [5.41, 5.74) is 1.86. The zero-order valence-corrected chi connectivity index (χ0v) is 16.5. The SMILES string of the molecule is C[C@@H](NC(=O)C(=O)N[C@H](C)c1ccc(Br)cc1)c1ccc(Br)cc1. The molecule has 2 rings (SSSR count). The van der Waals surface area contributed by atoms with E-state index < -0.39 is 11.8 Å². The van der Waals surface area contributed by atoms with E-state index in [-0.39, 0.29) is 12.1 Å². The number of halogens is 2. The highest BCUT2D eigenvalue weighted by molar-refractivity contribution is 9.10. The molecule has 0 aliphatic carbocycles. The summed E-state index contributed by atoms with van der Waals surface area (Å²) in [6, 6.07) is 14.7. The van der Waals surface area contributed by atoms with E-state index in [1.54, 1.807) is 0 Å². The van der Waals surface area contributed by atoms with Crippen molar-refractivity contribution >= 4 is 43.7 Å². The molecule has 2 N–H and O–H groups in total. The molecule has 2 aromatic carbocycles. The maximum Gasteiger partial charge on any atom is 0.309 e. The van der Waals surface area contributed by atoms with Gasteiger partial charge in [0.25, 0.3) is 0 Å². The van der Waals surface area contributed by atoms with Crippen molar-refractivity contribution in [3.63, 3.8) is 0 Å². The second-order valence-electron chi connectivity index (χ2n) is 5.49. The summed E-state index contributed by atoms with van der Waals surface area (Å²) >= 11 is 6.74. The summed E-state index contributed by atoms with van der Waals surface area (Å²) in [5.74, 6) is -1.29. The van der Waals surface area contributed by atoms with Crippen LogP contribution in [0.15, 0.2) is 57.5 Å². The van der Waals surface area contributed by atoms with Crippen LogP contribution in [0.1, 0.15) is 37.1 Å². The molecular weight excluding hydrogens is 436 g/mol. The summed E-state index contributed by atoms with van der Waals surface area (Å²) < 4.78 is 1.93. The van der Waals surface area contributed by atoms with Crippen LogP contribution in [0, 0.1) is 0 Å². The monoisotopic (exact) mass is 452 g/mol. The van der Waals surface area contributed by atoms with Gasteiger partial charge in [-0.3, -0.25) is 9.59 Å². The lowest BCUT2D eigenvalue weighted by molar-refractivity contribution is -0.140. The molecule has 0 saturated heterocycles. The van der Waals surface area contributed by atoms with E-state index in [4.69, 9.17) is 0 Å². The predicted molar refractivity (Wildman–Crippen MR) is 101 cm³/mol. The van der Waals surface area contributed by atoms with Crippen molar-refractivity contribution in [2.45, 2.75) is 25.9 Å². The fourth-order valence-corrected chi connectivity index (χ4v) is 2.72. The molecule has 0 heterocycles. The fourth-order valence-electron chi connectivity index (χ4n) is 2.19. The van der Waals surface area contributed by atoms with Crippen LogP contribution in [0.3, 0.4) is 0 Å². The molecule has 126 valence electrons. The summed E-state index contributed by atoms with van der Waals surface area (Å²) in [7, 11) is 0. The average Bonchev–Trinajstić information content (AvgIpc) is 2.55. The van der Waals surface area contributed by atoms with Crippen LogP contribution >= 0.6 is 31.9 Å². The van der Waals surface area contributed by atoms with Crippen LogP contribution in [-0.4, -0.2) is 11.8 Å². The summed E-state index contributed by atoms with van der Waals surface area (Å²) in [4.78, 5) is 24.1. The van der Waals surface area contributed by atoms with Crippen LogP contribution in [0.5, 0.6) is 0 Å². The van der Waals surface area contributed by atoms with Crippen molar-refractivity contribution in [3.05, 3.63) is 68.6 Å². The molecule has 0 bridgehead atoms. The molecule has 2 aromatic rings. The minimum atomic E-state index is -0.644. The van der Waals surface area contributed by atoms with Crippen LogP contribution in [0.25, 0.3) is 0 Å². The third-order valence-electron chi connectivity index (χ3n) is 3.64. The molecule has 2 amide bonds. The highest BCUT2D eigenvalue weighted by Crippen LogP contribution is 2.17. The quantitative estimate of drug-likeness (QED) is 0.679. The lowest BCUT2D eigenvalue weighted by Gasteiger charge is -2.17. The van der Waals surface area contributed by atoms with E-state index in [2.05, 4.69) is 42.5 Å². The first-order valence-corrected chi connectivity index (χ1v) is 9.07. The molecule has 24 heavy (non-hydrogen) atoms. The van der Waals surface area contributed by atoms with Gasteiger partial charge >= 0.3 is 11.8 Å². The number of benzene rings is 2. The summed E-state index contributed by atoms with van der Waals surface area (Å²) in [6.45, 7) is 3.68. The Hall–Kier alpha value is -1.66. The molecule has 0 saturated carbocycles. The normalized spacial score (nSPS) is 13.0. The molecule has 0 aliphatic heterocycles. The number of hydrogen-bond acceptors (Lipinski definition) is 2. The average molecular weight is 454 g/mol. The summed E-state index contributed by atoms with van der Waals surface area (Å²) in [6.07, 6.45) is 0. The molecule has 0 fully saturated rings. The number of carbonyl (C=O) groups is 2. The Morgan fingerprint density at radius 3 is 1.29 bits per heavy atom. The van der Waals surface area contributed by atoms with Gasteiger partial charge in [0, 0.05) is 8.95 Å². The molecule has 0 spiro atoms. The smallest absolute Gasteiger partial charge is 0.309 e. The van der Waals surface area contributed by atoms with E-state index in [0.717, 1.165) is 20.1 Å². The van der Waals surface area contributed by atoms with Crippen LogP contribution in [-0.2, 0) is 9.59 Å². The minimum Gasteiger partial charge on any atom is -0.341 e. The van der Waals surface area contributed by atoms with E-state index >= 15 is 0 Å². The first-order chi connectivity index (χ1) is 11.4. The second-order valence-corrected chi connectivity index (χ2v) is 7.32. The Labute approximate surface area is 158 Å².